The number of nitrogens with zero attached hydrogens (tertiary/aromatic N) is 2. The molecule has 0 aromatic heterocycles. The van der Waals surface area contributed by atoms with Crippen molar-refractivity contribution >= 4 is 11.6 Å². The molecule has 0 aliphatic heterocycles. The van der Waals surface area contributed by atoms with Crippen LogP contribution >= 0.6 is 0 Å². The van der Waals surface area contributed by atoms with Crippen molar-refractivity contribution in [2.45, 2.75) is 20.4 Å². The fourth-order valence-corrected chi connectivity index (χ4v) is 1.94. The van der Waals surface area contributed by atoms with Gasteiger partial charge < -0.3 is 20.3 Å². The van der Waals surface area contributed by atoms with Crippen molar-refractivity contribution in [1.29, 1.82) is 0 Å². The van der Waals surface area contributed by atoms with Crippen LogP contribution < -0.4 is 15.5 Å². The van der Waals surface area contributed by atoms with Crippen molar-refractivity contribution < 1.29 is 4.74 Å². The molecule has 1 aromatic rings. The highest BCUT2D eigenvalue weighted by Gasteiger charge is 2.03. The van der Waals surface area contributed by atoms with Crippen molar-refractivity contribution in [3.8, 4) is 0 Å². The maximum atomic E-state index is 5.30. The Morgan fingerprint density at radius 3 is 2.62 bits per heavy atom. The average Bonchev–Trinajstić information content (AvgIpc) is 2.47. The van der Waals surface area contributed by atoms with Crippen LogP contribution in [0.1, 0.15) is 18.1 Å². The van der Waals surface area contributed by atoms with Crippen molar-refractivity contribution in [1.82, 2.24) is 10.6 Å². The number of benzene rings is 1. The van der Waals surface area contributed by atoms with Gasteiger partial charge in [0.05, 0.1) is 6.61 Å². The van der Waals surface area contributed by atoms with Gasteiger partial charge in [-0.1, -0.05) is 6.07 Å². The minimum absolute atomic E-state index is 0.688. The van der Waals surface area contributed by atoms with Gasteiger partial charge >= 0.3 is 0 Å². The van der Waals surface area contributed by atoms with Crippen LogP contribution in [-0.4, -0.2) is 46.9 Å². The molecule has 1 aromatic carbocycles. The molecule has 1 rings (SSSR count). The van der Waals surface area contributed by atoms with Crippen LogP contribution in [0.25, 0.3) is 0 Å². The van der Waals surface area contributed by atoms with E-state index in [4.69, 9.17) is 4.74 Å². The first kappa shape index (κ1) is 17.3. The Morgan fingerprint density at radius 2 is 2.05 bits per heavy atom. The minimum Gasteiger partial charge on any atom is -0.380 e. The number of hydrogen-bond donors (Lipinski definition) is 2. The topological polar surface area (TPSA) is 48.9 Å². The van der Waals surface area contributed by atoms with Crippen LogP contribution in [0.5, 0.6) is 0 Å². The van der Waals surface area contributed by atoms with Gasteiger partial charge in [0.1, 0.15) is 0 Å². The molecule has 0 radical (unpaired) electrons. The van der Waals surface area contributed by atoms with E-state index in [-0.39, 0.29) is 0 Å². The molecular formula is C16H28N4O. The molecule has 5 nitrogen and oxygen atoms in total. The standard InChI is InChI=1S/C16H28N4O/c1-6-21-10-9-18-16(17-3)19-12-14-7-8-15(20(4)5)11-13(14)2/h7-8,11H,6,9-10,12H2,1-5H3,(H2,17,18,19). The summed E-state index contributed by atoms with van der Waals surface area (Å²) in [5, 5.41) is 6.55. The van der Waals surface area contributed by atoms with Gasteiger partial charge in [0, 0.05) is 46.5 Å². The lowest BCUT2D eigenvalue weighted by atomic mass is 10.1. The van der Waals surface area contributed by atoms with E-state index < -0.39 is 0 Å². The summed E-state index contributed by atoms with van der Waals surface area (Å²) in [6.45, 7) is 7.07. The molecule has 0 saturated carbocycles. The van der Waals surface area contributed by atoms with Crippen LogP contribution in [0.15, 0.2) is 23.2 Å². The molecule has 0 aliphatic carbocycles. The first-order valence-electron chi connectivity index (χ1n) is 7.37. The van der Waals surface area contributed by atoms with Gasteiger partial charge in [0.25, 0.3) is 0 Å². The monoisotopic (exact) mass is 292 g/mol. The van der Waals surface area contributed by atoms with Crippen LogP contribution in [0.4, 0.5) is 5.69 Å². The Labute approximate surface area is 128 Å². The largest absolute Gasteiger partial charge is 0.380 e. The fourth-order valence-electron chi connectivity index (χ4n) is 1.94. The van der Waals surface area contributed by atoms with E-state index in [9.17, 15) is 0 Å². The Morgan fingerprint density at radius 1 is 1.29 bits per heavy atom. The van der Waals surface area contributed by atoms with Crippen LogP contribution in [0.3, 0.4) is 0 Å². The van der Waals surface area contributed by atoms with E-state index in [0.717, 1.165) is 25.7 Å². The van der Waals surface area contributed by atoms with E-state index in [1.807, 2.05) is 6.92 Å². The van der Waals surface area contributed by atoms with Crippen LogP contribution in [0, 0.1) is 6.92 Å². The molecule has 118 valence electrons. The van der Waals surface area contributed by atoms with E-state index in [0.29, 0.717) is 6.61 Å². The van der Waals surface area contributed by atoms with Gasteiger partial charge in [0.15, 0.2) is 5.96 Å². The number of hydrogen-bond acceptors (Lipinski definition) is 3. The highest BCUT2D eigenvalue weighted by Crippen LogP contribution is 2.17. The van der Waals surface area contributed by atoms with Gasteiger partial charge in [-0.3, -0.25) is 4.99 Å². The quantitative estimate of drug-likeness (QED) is 0.457. The maximum Gasteiger partial charge on any atom is 0.191 e. The molecule has 21 heavy (non-hydrogen) atoms. The zero-order valence-corrected chi connectivity index (χ0v) is 13.9. The third-order valence-electron chi connectivity index (χ3n) is 3.26. The van der Waals surface area contributed by atoms with Gasteiger partial charge in [-0.2, -0.15) is 0 Å². The van der Waals surface area contributed by atoms with Gasteiger partial charge in [-0.15, -0.1) is 0 Å². The Kier molecular flexibility index (Phi) is 7.61. The Bertz CT molecular complexity index is 458. The van der Waals surface area contributed by atoms with E-state index in [2.05, 4.69) is 59.7 Å². The SMILES string of the molecule is CCOCCNC(=NC)NCc1ccc(N(C)C)cc1C. The summed E-state index contributed by atoms with van der Waals surface area (Å²) in [6, 6.07) is 6.49. The zero-order valence-electron chi connectivity index (χ0n) is 13.9. The summed E-state index contributed by atoms with van der Waals surface area (Å²) in [5.74, 6) is 0.797. The summed E-state index contributed by atoms with van der Waals surface area (Å²) in [7, 11) is 5.88. The van der Waals surface area contributed by atoms with E-state index in [1.165, 1.54) is 16.8 Å². The molecule has 0 unspecified atom stereocenters. The third kappa shape index (κ3) is 6.04. The lowest BCUT2D eigenvalue weighted by Gasteiger charge is -2.16. The number of anilines is 1. The van der Waals surface area contributed by atoms with Crippen molar-refractivity contribution in [3.63, 3.8) is 0 Å². The van der Waals surface area contributed by atoms with Crippen molar-refractivity contribution in [3.05, 3.63) is 29.3 Å². The molecule has 0 bridgehead atoms. The van der Waals surface area contributed by atoms with Gasteiger partial charge in [-0.25, -0.2) is 0 Å². The van der Waals surface area contributed by atoms with Crippen molar-refractivity contribution in [2.24, 2.45) is 4.99 Å². The first-order chi connectivity index (χ1) is 10.1. The lowest BCUT2D eigenvalue weighted by Crippen LogP contribution is -2.38. The summed E-state index contributed by atoms with van der Waals surface area (Å²) in [4.78, 5) is 6.32. The number of rotatable bonds is 7. The van der Waals surface area contributed by atoms with E-state index >= 15 is 0 Å². The second-order valence-corrected chi connectivity index (χ2v) is 5.05. The summed E-state index contributed by atoms with van der Waals surface area (Å²) < 4.78 is 5.30. The Hall–Kier alpha value is -1.75. The number of aliphatic imine (C=N–C) groups is 1. The molecule has 0 heterocycles. The van der Waals surface area contributed by atoms with Crippen molar-refractivity contribution in [2.75, 3.05) is 45.8 Å². The predicted molar refractivity (Wildman–Crippen MR) is 90.2 cm³/mol. The summed E-state index contributed by atoms with van der Waals surface area (Å²) >= 11 is 0. The summed E-state index contributed by atoms with van der Waals surface area (Å²) in [5.41, 5.74) is 3.77. The lowest BCUT2D eigenvalue weighted by molar-refractivity contribution is 0.152. The molecule has 5 heteroatoms. The number of ether oxygens (including phenoxy) is 1. The molecule has 2 N–H and O–H groups in total. The first-order valence-corrected chi connectivity index (χ1v) is 7.37. The highest BCUT2D eigenvalue weighted by molar-refractivity contribution is 5.79. The molecule has 0 spiro atoms. The fraction of sp³-hybridized carbons (Fsp3) is 0.562. The van der Waals surface area contributed by atoms with Gasteiger partial charge in [-0.05, 0) is 37.1 Å². The average molecular weight is 292 g/mol. The summed E-state index contributed by atoms with van der Waals surface area (Å²) in [6.07, 6.45) is 0. The highest BCUT2D eigenvalue weighted by atomic mass is 16.5. The van der Waals surface area contributed by atoms with E-state index in [1.54, 1.807) is 7.05 Å². The molecule has 0 aliphatic rings. The number of nitrogens with one attached hydrogen (secondary N) is 2. The smallest absolute Gasteiger partial charge is 0.191 e. The second kappa shape index (κ2) is 9.23. The number of aryl methyl sites for hydroxylation is 1. The molecule has 0 saturated heterocycles. The van der Waals surface area contributed by atoms with Crippen LogP contribution in [-0.2, 0) is 11.3 Å². The second-order valence-electron chi connectivity index (χ2n) is 5.05. The third-order valence-corrected chi connectivity index (χ3v) is 3.26. The van der Waals surface area contributed by atoms with Crippen LogP contribution in [0.2, 0.25) is 0 Å². The molecule has 0 fully saturated rings. The normalized spacial score (nSPS) is 11.4. The molecule has 0 amide bonds. The Balaban J connectivity index is 2.49. The zero-order chi connectivity index (χ0) is 15.7. The molecule has 0 atom stereocenters. The number of guanidine groups is 1. The van der Waals surface area contributed by atoms with Gasteiger partial charge in [0.2, 0.25) is 0 Å². The maximum absolute atomic E-state index is 5.30. The predicted octanol–water partition coefficient (Wildman–Crippen LogP) is 1.76. The molecular weight excluding hydrogens is 264 g/mol. The minimum atomic E-state index is 0.688.